The molecule has 2 aromatic rings. The summed E-state index contributed by atoms with van der Waals surface area (Å²) in [5.74, 6) is 1.44. The van der Waals surface area contributed by atoms with Crippen LogP contribution in [0.25, 0.3) is 0 Å². The number of hydrogen-bond acceptors (Lipinski definition) is 5. The molecule has 38 heavy (non-hydrogen) atoms. The molecule has 204 valence electrons. The number of halogens is 1. The number of ether oxygens (including phenoxy) is 1. The van der Waals surface area contributed by atoms with Gasteiger partial charge in [-0.15, -0.1) is 0 Å². The van der Waals surface area contributed by atoms with Crippen LogP contribution in [0.1, 0.15) is 65.7 Å². The Hall–Kier alpha value is -2.41. The zero-order valence-electron chi connectivity index (χ0n) is 22.2. The number of ketones is 1. The number of likely N-dealkylation sites (tertiary alicyclic amines) is 1. The van der Waals surface area contributed by atoms with Crippen molar-refractivity contribution < 1.29 is 14.3 Å². The fraction of sp³-hybridized carbons (Fsp3) is 0.548. The number of Topliss-reactive ketones (excluding diaryl/α,β-unsaturated/α-hetero) is 1. The van der Waals surface area contributed by atoms with E-state index in [2.05, 4.69) is 9.80 Å². The van der Waals surface area contributed by atoms with E-state index in [1.165, 1.54) is 32.1 Å². The smallest absolute Gasteiger partial charge is 0.248 e. The lowest BCUT2D eigenvalue weighted by Gasteiger charge is -2.44. The molecule has 0 aromatic heterocycles. The van der Waals surface area contributed by atoms with Crippen LogP contribution in [-0.4, -0.2) is 62.0 Å². The maximum Gasteiger partial charge on any atom is 0.248 e. The molecule has 1 atom stereocenters. The van der Waals surface area contributed by atoms with Crippen molar-refractivity contribution in [3.05, 3.63) is 64.7 Å². The average Bonchev–Trinajstić information content (AvgIpc) is 2.97. The lowest BCUT2D eigenvalue weighted by molar-refractivity contribution is 0.0618. The van der Waals surface area contributed by atoms with Gasteiger partial charge >= 0.3 is 0 Å². The minimum absolute atomic E-state index is 0.135. The number of anilines is 1. The van der Waals surface area contributed by atoms with E-state index < -0.39 is 0 Å². The normalized spacial score (nSPS) is 25.3. The van der Waals surface area contributed by atoms with Crippen molar-refractivity contribution in [1.82, 2.24) is 4.90 Å². The molecule has 1 saturated carbocycles. The van der Waals surface area contributed by atoms with Crippen LogP contribution in [-0.2, 0) is 4.74 Å². The van der Waals surface area contributed by atoms with Gasteiger partial charge in [0.15, 0.2) is 5.78 Å². The summed E-state index contributed by atoms with van der Waals surface area (Å²) in [5, 5.41) is 0.672. The first-order valence-electron chi connectivity index (χ1n) is 14.2. The van der Waals surface area contributed by atoms with E-state index >= 15 is 0 Å². The highest BCUT2D eigenvalue weighted by Gasteiger charge is 2.34. The number of nitrogens with zero attached hydrogens (tertiary/aromatic N) is 2. The number of piperidine rings is 1. The molecule has 5 rings (SSSR count). The summed E-state index contributed by atoms with van der Waals surface area (Å²) in [6, 6.07) is 15.4. The summed E-state index contributed by atoms with van der Waals surface area (Å²) in [6.45, 7) is 5.57. The molecule has 3 fully saturated rings. The first kappa shape index (κ1) is 27.2. The summed E-state index contributed by atoms with van der Waals surface area (Å²) in [6.07, 6.45) is 8.20. The second kappa shape index (κ2) is 12.6. The lowest BCUT2D eigenvalue weighted by Crippen LogP contribution is -2.50. The van der Waals surface area contributed by atoms with Crippen LogP contribution >= 0.6 is 11.6 Å². The molecule has 0 radical (unpaired) electrons. The van der Waals surface area contributed by atoms with Crippen molar-refractivity contribution in [1.29, 1.82) is 0 Å². The highest BCUT2D eigenvalue weighted by Crippen LogP contribution is 2.37. The molecule has 6 nitrogen and oxygen atoms in total. The number of amides is 1. The molecule has 2 N–H and O–H groups in total. The Morgan fingerprint density at radius 2 is 1.53 bits per heavy atom. The maximum atomic E-state index is 12.8. The van der Waals surface area contributed by atoms with Crippen molar-refractivity contribution in [3.63, 3.8) is 0 Å². The summed E-state index contributed by atoms with van der Waals surface area (Å²) < 4.78 is 5.91. The Morgan fingerprint density at radius 3 is 2.18 bits per heavy atom. The molecule has 2 saturated heterocycles. The van der Waals surface area contributed by atoms with Crippen molar-refractivity contribution in [2.45, 2.75) is 51.0 Å². The average molecular weight is 538 g/mol. The summed E-state index contributed by atoms with van der Waals surface area (Å²) in [5.41, 5.74) is 7.92. The van der Waals surface area contributed by atoms with Crippen LogP contribution in [0, 0.1) is 17.8 Å². The topological polar surface area (TPSA) is 75.9 Å². The van der Waals surface area contributed by atoms with Crippen molar-refractivity contribution in [2.75, 3.05) is 44.3 Å². The Bertz CT molecular complexity index is 1070. The van der Waals surface area contributed by atoms with Gasteiger partial charge < -0.3 is 20.3 Å². The monoisotopic (exact) mass is 537 g/mol. The quantitative estimate of drug-likeness (QED) is 0.454. The van der Waals surface area contributed by atoms with Gasteiger partial charge in [0.1, 0.15) is 0 Å². The van der Waals surface area contributed by atoms with Crippen molar-refractivity contribution in [2.24, 2.45) is 23.5 Å². The van der Waals surface area contributed by atoms with E-state index in [4.69, 9.17) is 22.1 Å². The Morgan fingerprint density at radius 1 is 0.868 bits per heavy atom. The fourth-order valence-corrected chi connectivity index (χ4v) is 6.77. The van der Waals surface area contributed by atoms with Gasteiger partial charge in [0.05, 0.1) is 19.3 Å². The van der Waals surface area contributed by atoms with E-state index in [-0.39, 0.29) is 17.6 Å². The SMILES string of the molecule is NC(=O)c1ccc(N2CCOCC2C2CCC(CCN3CCC(C(=O)c4ccc(Cl)cc4)CC3)CC2)cc1. The first-order valence-corrected chi connectivity index (χ1v) is 14.6. The minimum atomic E-state index is -0.385. The number of hydrogen-bond donors (Lipinski definition) is 1. The Kier molecular flexibility index (Phi) is 9.03. The number of morpholine rings is 1. The van der Waals surface area contributed by atoms with Crippen molar-refractivity contribution in [3.8, 4) is 0 Å². The minimum Gasteiger partial charge on any atom is -0.377 e. The molecule has 0 spiro atoms. The molecule has 1 aliphatic carbocycles. The standard InChI is InChI=1S/C31H40ClN3O3/c32-27-9-5-24(6-10-27)30(36)25-14-17-34(18-15-25)16-13-22-1-3-23(4-2-22)29-21-38-20-19-35(29)28-11-7-26(8-12-28)31(33)37/h5-12,22-23,25,29H,1-4,13-21H2,(H2,33,37). The number of carbonyl (C=O) groups is 2. The third kappa shape index (κ3) is 6.59. The number of rotatable bonds is 8. The fourth-order valence-electron chi connectivity index (χ4n) is 6.65. The van der Waals surface area contributed by atoms with Crippen molar-refractivity contribution >= 4 is 29.0 Å². The molecule has 2 aromatic carbocycles. The van der Waals surface area contributed by atoms with E-state index in [1.807, 2.05) is 36.4 Å². The number of nitrogens with two attached hydrogens (primary N) is 1. The Labute approximate surface area is 231 Å². The molecular formula is C31H40ClN3O3. The Balaban J connectivity index is 1.06. The second-order valence-corrected chi connectivity index (χ2v) is 11.7. The van der Waals surface area contributed by atoms with E-state index in [1.54, 1.807) is 12.1 Å². The van der Waals surface area contributed by atoms with Gasteiger partial charge in [0.2, 0.25) is 5.91 Å². The van der Waals surface area contributed by atoms with Gasteiger partial charge in [-0.25, -0.2) is 0 Å². The number of carbonyl (C=O) groups excluding carboxylic acids is 2. The largest absolute Gasteiger partial charge is 0.377 e. The van der Waals surface area contributed by atoms with Gasteiger partial charge in [-0.2, -0.15) is 0 Å². The third-order valence-electron chi connectivity index (χ3n) is 9.03. The zero-order chi connectivity index (χ0) is 26.5. The number of primary amides is 1. The number of benzene rings is 2. The third-order valence-corrected chi connectivity index (χ3v) is 9.28. The highest BCUT2D eigenvalue weighted by atomic mass is 35.5. The molecule has 7 heteroatoms. The van der Waals surface area contributed by atoms with Gasteiger partial charge in [-0.05, 0) is 112 Å². The van der Waals surface area contributed by atoms with Crippen LogP contribution in [0.3, 0.4) is 0 Å². The molecule has 2 aliphatic heterocycles. The second-order valence-electron chi connectivity index (χ2n) is 11.3. The van der Waals surface area contributed by atoms with Crippen LogP contribution in [0.4, 0.5) is 5.69 Å². The maximum absolute atomic E-state index is 12.8. The van der Waals surface area contributed by atoms with E-state index in [0.717, 1.165) is 69.4 Å². The molecule has 1 amide bonds. The van der Waals surface area contributed by atoms with Crippen LogP contribution < -0.4 is 10.6 Å². The molecular weight excluding hydrogens is 498 g/mol. The van der Waals surface area contributed by atoms with Gasteiger partial charge in [-0.3, -0.25) is 9.59 Å². The van der Waals surface area contributed by atoms with Crippen LogP contribution in [0.2, 0.25) is 5.02 Å². The van der Waals surface area contributed by atoms with Gasteiger partial charge in [0.25, 0.3) is 0 Å². The summed E-state index contributed by atoms with van der Waals surface area (Å²) >= 11 is 5.97. The van der Waals surface area contributed by atoms with Gasteiger partial charge in [0, 0.05) is 34.3 Å². The first-order chi connectivity index (χ1) is 18.5. The van der Waals surface area contributed by atoms with Crippen LogP contribution in [0.5, 0.6) is 0 Å². The predicted molar refractivity (Wildman–Crippen MR) is 152 cm³/mol. The van der Waals surface area contributed by atoms with Crippen LogP contribution in [0.15, 0.2) is 48.5 Å². The molecule has 1 unspecified atom stereocenters. The summed E-state index contributed by atoms with van der Waals surface area (Å²) in [4.78, 5) is 29.3. The predicted octanol–water partition coefficient (Wildman–Crippen LogP) is 5.44. The molecule has 2 heterocycles. The lowest BCUT2D eigenvalue weighted by atomic mass is 9.76. The van der Waals surface area contributed by atoms with Gasteiger partial charge in [-0.1, -0.05) is 24.4 Å². The zero-order valence-corrected chi connectivity index (χ0v) is 23.0. The summed E-state index contributed by atoms with van der Waals surface area (Å²) in [7, 11) is 0. The van der Waals surface area contributed by atoms with E-state index in [0.29, 0.717) is 22.5 Å². The highest BCUT2D eigenvalue weighted by molar-refractivity contribution is 6.30. The van der Waals surface area contributed by atoms with E-state index in [9.17, 15) is 9.59 Å². The molecule has 3 aliphatic rings. The molecule has 0 bridgehead atoms.